The van der Waals surface area contributed by atoms with Gasteiger partial charge in [-0.15, -0.1) is 0 Å². The second-order valence-corrected chi connectivity index (χ2v) is 5.20. The lowest BCUT2D eigenvalue weighted by Crippen LogP contribution is -1.97. The van der Waals surface area contributed by atoms with E-state index in [2.05, 4.69) is 15.9 Å². The van der Waals surface area contributed by atoms with Crippen molar-refractivity contribution in [3.05, 3.63) is 64.1 Å². The van der Waals surface area contributed by atoms with Crippen LogP contribution >= 0.6 is 15.9 Å². The van der Waals surface area contributed by atoms with E-state index in [1.54, 1.807) is 13.2 Å². The maximum absolute atomic E-state index is 8.54. The molecular formula is C17H14BrNO2. The largest absolute Gasteiger partial charge is 0.493 e. The van der Waals surface area contributed by atoms with Gasteiger partial charge in [-0.05, 0) is 41.5 Å². The summed E-state index contributed by atoms with van der Waals surface area (Å²) in [6.45, 7) is 0.469. The van der Waals surface area contributed by atoms with Crippen LogP contribution in [0.15, 0.2) is 53.0 Å². The highest BCUT2D eigenvalue weighted by Crippen LogP contribution is 2.29. The summed E-state index contributed by atoms with van der Waals surface area (Å²) in [6.07, 6.45) is 3.15. The molecule has 0 N–H and O–H groups in total. The molecule has 0 saturated heterocycles. The number of hydrogen-bond acceptors (Lipinski definition) is 3. The van der Waals surface area contributed by atoms with Crippen LogP contribution in [-0.4, -0.2) is 7.11 Å². The number of benzene rings is 2. The smallest absolute Gasteiger partial charge is 0.161 e. The average molecular weight is 344 g/mol. The highest BCUT2D eigenvalue weighted by Gasteiger charge is 2.05. The molecule has 3 nitrogen and oxygen atoms in total. The lowest BCUT2D eigenvalue weighted by Gasteiger charge is -2.11. The Kier molecular flexibility index (Phi) is 5.42. The van der Waals surface area contributed by atoms with Gasteiger partial charge >= 0.3 is 0 Å². The maximum Gasteiger partial charge on any atom is 0.161 e. The predicted octanol–water partition coefficient (Wildman–Crippen LogP) is 4.57. The first-order valence-corrected chi connectivity index (χ1v) is 7.13. The molecule has 0 heterocycles. The van der Waals surface area contributed by atoms with Crippen LogP contribution in [0.25, 0.3) is 6.08 Å². The Morgan fingerprint density at radius 1 is 1.14 bits per heavy atom. The zero-order valence-electron chi connectivity index (χ0n) is 11.5. The van der Waals surface area contributed by atoms with Crippen molar-refractivity contribution < 1.29 is 9.47 Å². The van der Waals surface area contributed by atoms with E-state index in [4.69, 9.17) is 14.7 Å². The molecule has 0 radical (unpaired) electrons. The number of halogens is 1. The fourth-order valence-electron chi connectivity index (χ4n) is 1.78. The summed E-state index contributed by atoms with van der Waals surface area (Å²) in [4.78, 5) is 0. The van der Waals surface area contributed by atoms with Crippen LogP contribution in [0.3, 0.4) is 0 Å². The van der Waals surface area contributed by atoms with Crippen LogP contribution in [0.2, 0.25) is 0 Å². The number of ether oxygens (including phenoxy) is 2. The highest BCUT2D eigenvalue weighted by atomic mass is 79.9. The first kappa shape index (κ1) is 15.1. The van der Waals surface area contributed by atoms with Gasteiger partial charge in [-0.1, -0.05) is 34.1 Å². The lowest BCUT2D eigenvalue weighted by molar-refractivity contribution is 0.284. The third kappa shape index (κ3) is 4.37. The molecule has 0 saturated carbocycles. The summed E-state index contributed by atoms with van der Waals surface area (Å²) in [5.41, 5.74) is 1.97. The van der Waals surface area contributed by atoms with E-state index in [0.717, 1.165) is 15.6 Å². The molecule has 0 aromatic heterocycles. The van der Waals surface area contributed by atoms with Crippen LogP contribution in [0.4, 0.5) is 0 Å². The van der Waals surface area contributed by atoms with E-state index in [0.29, 0.717) is 18.1 Å². The molecule has 0 aliphatic heterocycles. The standard InChI is InChI=1S/C17H14BrNO2/c1-20-17-11-13(3-2-10-19)6-9-16(17)21-12-14-4-7-15(18)8-5-14/h2-9,11H,12H2,1H3/b3-2+. The van der Waals surface area contributed by atoms with Crippen molar-refractivity contribution >= 4 is 22.0 Å². The van der Waals surface area contributed by atoms with Gasteiger partial charge in [0.1, 0.15) is 6.61 Å². The number of allylic oxidation sites excluding steroid dienone is 1. The number of hydrogen-bond donors (Lipinski definition) is 0. The van der Waals surface area contributed by atoms with Crippen LogP contribution in [-0.2, 0) is 6.61 Å². The topological polar surface area (TPSA) is 42.2 Å². The molecule has 0 spiro atoms. The molecule has 0 amide bonds. The van der Waals surface area contributed by atoms with Crippen molar-refractivity contribution in [2.24, 2.45) is 0 Å². The minimum atomic E-state index is 0.469. The molecule has 4 heteroatoms. The Morgan fingerprint density at radius 2 is 1.90 bits per heavy atom. The van der Waals surface area contributed by atoms with Crippen molar-refractivity contribution in [2.75, 3.05) is 7.11 Å². The van der Waals surface area contributed by atoms with E-state index >= 15 is 0 Å². The first-order chi connectivity index (χ1) is 10.2. The van der Waals surface area contributed by atoms with Crippen LogP contribution < -0.4 is 9.47 Å². The summed E-state index contributed by atoms with van der Waals surface area (Å²) in [5, 5.41) is 8.54. The van der Waals surface area contributed by atoms with Gasteiger partial charge in [0.25, 0.3) is 0 Å². The van der Waals surface area contributed by atoms with Gasteiger partial charge in [-0.3, -0.25) is 0 Å². The Bertz CT molecular complexity index is 672. The number of nitriles is 1. The first-order valence-electron chi connectivity index (χ1n) is 6.34. The molecule has 0 bridgehead atoms. The number of rotatable bonds is 5. The van der Waals surface area contributed by atoms with Gasteiger partial charge in [0.15, 0.2) is 11.5 Å². The monoisotopic (exact) mass is 343 g/mol. The highest BCUT2D eigenvalue weighted by molar-refractivity contribution is 9.10. The maximum atomic E-state index is 8.54. The zero-order valence-corrected chi connectivity index (χ0v) is 13.1. The molecule has 2 rings (SSSR count). The van der Waals surface area contributed by atoms with Crippen molar-refractivity contribution in [1.29, 1.82) is 5.26 Å². The molecule has 0 unspecified atom stereocenters. The Hall–Kier alpha value is -2.25. The quantitative estimate of drug-likeness (QED) is 0.746. The van der Waals surface area contributed by atoms with Crippen LogP contribution in [0, 0.1) is 11.3 Å². The van der Waals surface area contributed by atoms with Crippen molar-refractivity contribution in [2.45, 2.75) is 6.61 Å². The molecule has 106 valence electrons. The summed E-state index contributed by atoms with van der Waals surface area (Å²) < 4.78 is 12.1. The molecule has 0 aliphatic carbocycles. The van der Waals surface area contributed by atoms with E-state index in [1.165, 1.54) is 6.08 Å². The minimum Gasteiger partial charge on any atom is -0.493 e. The van der Waals surface area contributed by atoms with Crippen LogP contribution in [0.5, 0.6) is 11.5 Å². The molecule has 2 aromatic carbocycles. The molecule has 2 aromatic rings. The molecule has 0 aliphatic rings. The predicted molar refractivity (Wildman–Crippen MR) is 86.1 cm³/mol. The van der Waals surface area contributed by atoms with Gasteiger partial charge < -0.3 is 9.47 Å². The second-order valence-electron chi connectivity index (χ2n) is 4.29. The SMILES string of the molecule is COc1cc(/C=C/C#N)ccc1OCc1ccc(Br)cc1. The molecule has 0 fully saturated rings. The molecule has 0 atom stereocenters. The van der Waals surface area contributed by atoms with Crippen molar-refractivity contribution in [3.63, 3.8) is 0 Å². The third-order valence-corrected chi connectivity index (χ3v) is 3.37. The molecule has 21 heavy (non-hydrogen) atoms. The fraction of sp³-hybridized carbons (Fsp3) is 0.118. The van der Waals surface area contributed by atoms with Gasteiger partial charge in [-0.2, -0.15) is 5.26 Å². The third-order valence-electron chi connectivity index (χ3n) is 2.85. The zero-order chi connectivity index (χ0) is 15.1. The Labute approximate surface area is 132 Å². The second kappa shape index (κ2) is 7.51. The summed E-state index contributed by atoms with van der Waals surface area (Å²) in [7, 11) is 1.60. The van der Waals surface area contributed by atoms with Crippen molar-refractivity contribution in [3.8, 4) is 17.6 Å². The summed E-state index contributed by atoms with van der Waals surface area (Å²) in [6, 6.07) is 15.5. The Morgan fingerprint density at radius 3 is 2.57 bits per heavy atom. The van der Waals surface area contributed by atoms with Crippen molar-refractivity contribution in [1.82, 2.24) is 0 Å². The molecular weight excluding hydrogens is 330 g/mol. The summed E-state index contributed by atoms with van der Waals surface area (Å²) >= 11 is 3.40. The lowest BCUT2D eigenvalue weighted by atomic mass is 10.2. The van der Waals surface area contributed by atoms with E-state index in [9.17, 15) is 0 Å². The normalized spacial score (nSPS) is 10.3. The average Bonchev–Trinajstić information content (AvgIpc) is 2.52. The van der Waals surface area contributed by atoms with E-state index in [1.807, 2.05) is 48.5 Å². The van der Waals surface area contributed by atoms with E-state index < -0.39 is 0 Å². The minimum absolute atomic E-state index is 0.469. The Balaban J connectivity index is 2.10. The number of methoxy groups -OCH3 is 1. The van der Waals surface area contributed by atoms with Gasteiger partial charge in [0, 0.05) is 10.5 Å². The number of nitrogens with zero attached hydrogens (tertiary/aromatic N) is 1. The van der Waals surface area contributed by atoms with E-state index in [-0.39, 0.29) is 0 Å². The van der Waals surface area contributed by atoms with Gasteiger partial charge in [0.05, 0.1) is 13.2 Å². The van der Waals surface area contributed by atoms with Gasteiger partial charge in [-0.25, -0.2) is 0 Å². The fourth-order valence-corrected chi connectivity index (χ4v) is 2.05. The van der Waals surface area contributed by atoms with Crippen LogP contribution in [0.1, 0.15) is 11.1 Å². The van der Waals surface area contributed by atoms with Gasteiger partial charge in [0.2, 0.25) is 0 Å². The summed E-state index contributed by atoms with van der Waals surface area (Å²) in [5.74, 6) is 1.32.